The molecular weight excluding hydrogens is 224 g/mol. The Morgan fingerprint density at radius 2 is 2.22 bits per heavy atom. The second kappa shape index (κ2) is 6.23. The lowest BCUT2D eigenvalue weighted by Crippen LogP contribution is -2.29. The summed E-state index contributed by atoms with van der Waals surface area (Å²) in [5.41, 5.74) is 5.61. The smallest absolute Gasteiger partial charge is 0.145 e. The Morgan fingerprint density at radius 1 is 1.44 bits per heavy atom. The zero-order valence-electron chi connectivity index (χ0n) is 11.7. The fraction of sp³-hybridized carbons (Fsp3) is 0.786. The van der Waals surface area contributed by atoms with Crippen LogP contribution in [0.3, 0.4) is 0 Å². The van der Waals surface area contributed by atoms with E-state index in [0.717, 1.165) is 24.9 Å². The summed E-state index contributed by atoms with van der Waals surface area (Å²) in [5.74, 6) is 1.42. The third-order valence-corrected chi connectivity index (χ3v) is 3.55. The minimum atomic E-state index is 0.619. The van der Waals surface area contributed by atoms with Crippen LogP contribution in [0.15, 0.2) is 12.3 Å². The number of nitrogens with two attached hydrogens (primary N) is 1. The molecule has 2 N–H and O–H groups in total. The molecule has 1 aromatic rings. The molecule has 0 aliphatic heterocycles. The van der Waals surface area contributed by atoms with Gasteiger partial charge in [0.2, 0.25) is 0 Å². The first-order valence-corrected chi connectivity index (χ1v) is 7.18. The van der Waals surface area contributed by atoms with Gasteiger partial charge in [0, 0.05) is 25.3 Å². The van der Waals surface area contributed by atoms with E-state index in [2.05, 4.69) is 23.8 Å². The van der Waals surface area contributed by atoms with Crippen LogP contribution in [-0.2, 0) is 6.54 Å². The number of aromatic nitrogens is 2. The highest BCUT2D eigenvalue weighted by molar-refractivity contribution is 5.23. The molecule has 1 heterocycles. The van der Waals surface area contributed by atoms with E-state index in [1.165, 1.54) is 32.4 Å². The van der Waals surface area contributed by atoms with E-state index in [1.54, 1.807) is 0 Å². The van der Waals surface area contributed by atoms with Crippen LogP contribution in [0, 0.1) is 5.92 Å². The molecule has 1 aliphatic rings. The highest BCUT2D eigenvalue weighted by Gasteiger charge is 2.28. The van der Waals surface area contributed by atoms with E-state index in [-0.39, 0.29) is 0 Å². The van der Waals surface area contributed by atoms with Gasteiger partial charge in [0.1, 0.15) is 5.82 Å². The summed E-state index contributed by atoms with van der Waals surface area (Å²) in [7, 11) is 0. The molecular formula is C14H26N4. The van der Waals surface area contributed by atoms with Gasteiger partial charge in [-0.25, -0.2) is 0 Å². The van der Waals surface area contributed by atoms with Crippen molar-refractivity contribution in [2.75, 3.05) is 18.8 Å². The van der Waals surface area contributed by atoms with Crippen molar-refractivity contribution >= 4 is 5.82 Å². The van der Waals surface area contributed by atoms with E-state index in [1.807, 2.05) is 16.9 Å². The molecule has 0 amide bonds. The fourth-order valence-electron chi connectivity index (χ4n) is 2.28. The van der Waals surface area contributed by atoms with Gasteiger partial charge in [-0.05, 0) is 44.2 Å². The van der Waals surface area contributed by atoms with Gasteiger partial charge in [0.05, 0.1) is 0 Å². The van der Waals surface area contributed by atoms with Crippen LogP contribution in [0.25, 0.3) is 0 Å². The summed E-state index contributed by atoms with van der Waals surface area (Å²) < 4.78 is 1.95. The van der Waals surface area contributed by atoms with Crippen molar-refractivity contribution in [2.24, 2.45) is 5.92 Å². The lowest BCUT2D eigenvalue weighted by Gasteiger charge is -2.22. The largest absolute Gasteiger partial charge is 0.382 e. The minimum Gasteiger partial charge on any atom is -0.382 e. The molecule has 2 rings (SSSR count). The van der Waals surface area contributed by atoms with Crippen molar-refractivity contribution in [3.63, 3.8) is 0 Å². The maximum absolute atomic E-state index is 5.61. The van der Waals surface area contributed by atoms with E-state index in [9.17, 15) is 0 Å². The molecule has 0 unspecified atom stereocenters. The second-order valence-electron chi connectivity index (χ2n) is 5.81. The third-order valence-electron chi connectivity index (χ3n) is 3.55. The number of hydrogen-bond acceptors (Lipinski definition) is 3. The predicted molar refractivity (Wildman–Crippen MR) is 75.3 cm³/mol. The average molecular weight is 250 g/mol. The molecule has 102 valence electrons. The monoisotopic (exact) mass is 250 g/mol. The maximum Gasteiger partial charge on any atom is 0.145 e. The van der Waals surface area contributed by atoms with E-state index < -0.39 is 0 Å². The van der Waals surface area contributed by atoms with E-state index in [0.29, 0.717) is 5.82 Å². The second-order valence-corrected chi connectivity index (χ2v) is 5.81. The Balaban J connectivity index is 1.69. The van der Waals surface area contributed by atoms with Crippen LogP contribution in [0.1, 0.15) is 39.5 Å². The molecule has 0 atom stereocenters. The number of anilines is 1. The summed E-state index contributed by atoms with van der Waals surface area (Å²) in [6, 6.07) is 2.73. The summed E-state index contributed by atoms with van der Waals surface area (Å²) in [5, 5.41) is 4.22. The first-order chi connectivity index (χ1) is 8.65. The summed E-state index contributed by atoms with van der Waals surface area (Å²) >= 11 is 0. The van der Waals surface area contributed by atoms with Gasteiger partial charge in [-0.1, -0.05) is 13.8 Å². The highest BCUT2D eigenvalue weighted by atomic mass is 15.3. The van der Waals surface area contributed by atoms with E-state index in [4.69, 9.17) is 5.73 Å². The molecule has 4 nitrogen and oxygen atoms in total. The lowest BCUT2D eigenvalue weighted by atomic mass is 10.1. The Kier molecular flexibility index (Phi) is 4.64. The molecule has 1 saturated carbocycles. The molecule has 0 spiro atoms. The van der Waals surface area contributed by atoms with E-state index >= 15 is 0 Å². The number of rotatable bonds is 8. The molecule has 1 aliphatic carbocycles. The molecule has 4 heteroatoms. The Bertz CT molecular complexity index is 354. The zero-order valence-corrected chi connectivity index (χ0v) is 11.7. The topological polar surface area (TPSA) is 47.1 Å². The van der Waals surface area contributed by atoms with Crippen LogP contribution >= 0.6 is 0 Å². The third kappa shape index (κ3) is 4.33. The Labute approximate surface area is 110 Å². The normalized spacial score (nSPS) is 15.8. The van der Waals surface area contributed by atoms with Crippen molar-refractivity contribution in [2.45, 2.75) is 52.1 Å². The number of hydrogen-bond donors (Lipinski definition) is 1. The van der Waals surface area contributed by atoms with Gasteiger partial charge < -0.3 is 10.6 Å². The molecule has 0 saturated heterocycles. The Hall–Kier alpha value is -1.03. The number of aryl methyl sites for hydroxylation is 1. The maximum atomic E-state index is 5.61. The lowest BCUT2D eigenvalue weighted by molar-refractivity contribution is 0.239. The average Bonchev–Trinajstić information content (AvgIpc) is 3.07. The predicted octanol–water partition coefficient (Wildman–Crippen LogP) is 2.37. The molecule has 0 radical (unpaired) electrons. The zero-order chi connectivity index (χ0) is 13.0. The minimum absolute atomic E-state index is 0.619. The number of nitrogens with zero attached hydrogens (tertiary/aromatic N) is 3. The van der Waals surface area contributed by atoms with Gasteiger partial charge in [0.15, 0.2) is 0 Å². The number of nitrogen functional groups attached to an aromatic ring is 1. The summed E-state index contributed by atoms with van der Waals surface area (Å²) in [6.45, 7) is 8.03. The van der Waals surface area contributed by atoms with Crippen molar-refractivity contribution in [1.29, 1.82) is 0 Å². The molecule has 18 heavy (non-hydrogen) atoms. The van der Waals surface area contributed by atoms with Gasteiger partial charge in [-0.2, -0.15) is 5.10 Å². The van der Waals surface area contributed by atoms with Crippen LogP contribution in [-0.4, -0.2) is 33.8 Å². The molecule has 0 bridgehead atoms. The van der Waals surface area contributed by atoms with Crippen molar-refractivity contribution in [3.05, 3.63) is 12.3 Å². The van der Waals surface area contributed by atoms with Crippen LogP contribution in [0.5, 0.6) is 0 Å². The van der Waals surface area contributed by atoms with Gasteiger partial charge in [-0.3, -0.25) is 4.68 Å². The van der Waals surface area contributed by atoms with Gasteiger partial charge in [-0.15, -0.1) is 0 Å². The van der Waals surface area contributed by atoms with Crippen molar-refractivity contribution in [3.8, 4) is 0 Å². The molecule has 0 aromatic carbocycles. The van der Waals surface area contributed by atoms with Crippen LogP contribution in [0.2, 0.25) is 0 Å². The quantitative estimate of drug-likeness (QED) is 0.770. The Morgan fingerprint density at radius 3 is 2.78 bits per heavy atom. The van der Waals surface area contributed by atoms with Crippen LogP contribution in [0.4, 0.5) is 5.82 Å². The summed E-state index contributed by atoms with van der Waals surface area (Å²) in [6.07, 6.45) is 7.23. The van der Waals surface area contributed by atoms with Gasteiger partial charge >= 0.3 is 0 Å². The highest BCUT2D eigenvalue weighted by Crippen LogP contribution is 2.27. The SMILES string of the molecule is CC(C)CCN(CCCn1ccc(N)n1)C1CC1. The van der Waals surface area contributed by atoms with Crippen molar-refractivity contribution in [1.82, 2.24) is 14.7 Å². The van der Waals surface area contributed by atoms with Gasteiger partial charge in [0.25, 0.3) is 0 Å². The van der Waals surface area contributed by atoms with Crippen LogP contribution < -0.4 is 5.73 Å². The molecule has 1 fully saturated rings. The summed E-state index contributed by atoms with van der Waals surface area (Å²) in [4.78, 5) is 2.66. The first kappa shape index (κ1) is 13.4. The standard InChI is InChI=1S/C14H26N4/c1-12(2)6-10-17(13-4-5-13)8-3-9-18-11-7-14(15)16-18/h7,11-13H,3-6,8-10H2,1-2H3,(H2,15,16). The molecule has 1 aromatic heterocycles. The fourth-order valence-corrected chi connectivity index (χ4v) is 2.28. The van der Waals surface area contributed by atoms with Crippen molar-refractivity contribution < 1.29 is 0 Å². The first-order valence-electron chi connectivity index (χ1n) is 7.18.